The van der Waals surface area contributed by atoms with Crippen molar-refractivity contribution in [2.75, 3.05) is 0 Å². The Morgan fingerprint density at radius 2 is 1.97 bits per heavy atom. The van der Waals surface area contributed by atoms with Crippen LogP contribution in [-0.2, 0) is 14.4 Å². The molecule has 4 atom stereocenters. The van der Waals surface area contributed by atoms with Gasteiger partial charge in [-0.05, 0) is 37.3 Å². The summed E-state index contributed by atoms with van der Waals surface area (Å²) in [6.45, 7) is 3.88. The molecule has 1 aliphatic carbocycles. The van der Waals surface area contributed by atoms with Crippen molar-refractivity contribution in [3.05, 3.63) is 30.1 Å². The summed E-state index contributed by atoms with van der Waals surface area (Å²) in [5.41, 5.74) is -0.849. The number of aliphatic carboxylic acids is 1. The lowest BCUT2D eigenvalue weighted by Crippen LogP contribution is -2.57. The molecular formula is C22H29N3O4. The molecule has 0 aromatic carbocycles. The summed E-state index contributed by atoms with van der Waals surface area (Å²) in [6.07, 6.45) is 6.64. The zero-order chi connectivity index (χ0) is 20.8. The van der Waals surface area contributed by atoms with Gasteiger partial charge in [-0.3, -0.25) is 29.6 Å². The molecule has 2 N–H and O–H groups in total. The lowest BCUT2D eigenvalue weighted by atomic mass is 9.75. The Labute approximate surface area is 170 Å². The molecule has 3 fully saturated rings. The predicted molar refractivity (Wildman–Crippen MR) is 106 cm³/mol. The highest BCUT2D eigenvalue weighted by molar-refractivity contribution is 6.09. The van der Waals surface area contributed by atoms with Crippen molar-refractivity contribution in [3.8, 4) is 0 Å². The van der Waals surface area contributed by atoms with E-state index in [1.54, 1.807) is 18.3 Å². The van der Waals surface area contributed by atoms with Crippen LogP contribution in [0.25, 0.3) is 0 Å². The molecule has 0 bridgehead atoms. The Kier molecular flexibility index (Phi) is 5.19. The molecule has 4 rings (SSSR count). The van der Waals surface area contributed by atoms with E-state index in [2.05, 4.69) is 10.3 Å². The number of carboxylic acid groups (broad SMARTS) is 1. The highest BCUT2D eigenvalue weighted by Crippen LogP contribution is 2.51. The number of amides is 2. The van der Waals surface area contributed by atoms with E-state index in [1.165, 1.54) is 4.90 Å². The number of imide groups is 1. The molecule has 3 heterocycles. The van der Waals surface area contributed by atoms with Gasteiger partial charge in [-0.1, -0.05) is 39.2 Å². The molecule has 156 valence electrons. The lowest BCUT2D eigenvalue weighted by molar-refractivity contribution is -0.153. The molecule has 4 unspecified atom stereocenters. The summed E-state index contributed by atoms with van der Waals surface area (Å²) in [5, 5.41) is 13.5. The van der Waals surface area contributed by atoms with Crippen LogP contribution in [0.1, 0.15) is 64.1 Å². The number of pyridine rings is 1. The van der Waals surface area contributed by atoms with E-state index in [0.717, 1.165) is 32.1 Å². The van der Waals surface area contributed by atoms with E-state index in [0.29, 0.717) is 5.69 Å². The van der Waals surface area contributed by atoms with Gasteiger partial charge in [0, 0.05) is 12.2 Å². The minimum absolute atomic E-state index is 0.0494. The van der Waals surface area contributed by atoms with Crippen molar-refractivity contribution >= 4 is 17.8 Å². The predicted octanol–water partition coefficient (Wildman–Crippen LogP) is 2.53. The number of nitrogens with zero attached hydrogens (tertiary/aromatic N) is 2. The molecule has 1 saturated carbocycles. The van der Waals surface area contributed by atoms with Crippen molar-refractivity contribution in [1.29, 1.82) is 0 Å². The molecule has 2 amide bonds. The third-order valence-corrected chi connectivity index (χ3v) is 6.75. The van der Waals surface area contributed by atoms with E-state index in [4.69, 9.17) is 0 Å². The summed E-state index contributed by atoms with van der Waals surface area (Å²) >= 11 is 0. The van der Waals surface area contributed by atoms with Gasteiger partial charge in [0.1, 0.15) is 5.54 Å². The number of carboxylic acids is 1. The second kappa shape index (κ2) is 7.52. The van der Waals surface area contributed by atoms with E-state index in [1.807, 2.05) is 19.9 Å². The molecule has 0 radical (unpaired) electrons. The first-order valence-electron chi connectivity index (χ1n) is 10.7. The minimum Gasteiger partial charge on any atom is -0.480 e. The highest BCUT2D eigenvalue weighted by Gasteiger charge is 2.69. The molecule has 2 saturated heterocycles. The van der Waals surface area contributed by atoms with Crippen molar-refractivity contribution < 1.29 is 19.5 Å². The van der Waals surface area contributed by atoms with Crippen molar-refractivity contribution in [3.63, 3.8) is 0 Å². The number of nitrogens with one attached hydrogen (secondary N) is 1. The average molecular weight is 399 g/mol. The maximum absolute atomic E-state index is 13.6. The van der Waals surface area contributed by atoms with Crippen LogP contribution in [-0.4, -0.2) is 44.4 Å². The summed E-state index contributed by atoms with van der Waals surface area (Å²) in [5.74, 6) is -3.19. The van der Waals surface area contributed by atoms with Crippen molar-refractivity contribution in [2.45, 2.75) is 70.0 Å². The van der Waals surface area contributed by atoms with Gasteiger partial charge in [0.15, 0.2) is 0 Å². The van der Waals surface area contributed by atoms with Gasteiger partial charge in [0.05, 0.1) is 23.6 Å². The molecule has 7 nitrogen and oxygen atoms in total. The number of hydrogen-bond donors (Lipinski definition) is 2. The second-order valence-electron chi connectivity index (χ2n) is 9.09. The molecule has 2 aliphatic heterocycles. The van der Waals surface area contributed by atoms with Crippen LogP contribution >= 0.6 is 0 Å². The monoisotopic (exact) mass is 399 g/mol. The molecular weight excluding hydrogens is 370 g/mol. The minimum atomic E-state index is -1.46. The van der Waals surface area contributed by atoms with Crippen molar-refractivity contribution in [2.24, 2.45) is 17.8 Å². The number of aromatic nitrogens is 1. The Morgan fingerprint density at radius 1 is 1.24 bits per heavy atom. The smallest absolute Gasteiger partial charge is 0.324 e. The van der Waals surface area contributed by atoms with Crippen LogP contribution in [0.15, 0.2) is 24.4 Å². The second-order valence-corrected chi connectivity index (χ2v) is 9.09. The summed E-state index contributed by atoms with van der Waals surface area (Å²) < 4.78 is 0. The summed E-state index contributed by atoms with van der Waals surface area (Å²) in [4.78, 5) is 45.4. The largest absolute Gasteiger partial charge is 0.480 e. The van der Waals surface area contributed by atoms with Gasteiger partial charge >= 0.3 is 5.97 Å². The Bertz CT molecular complexity index is 806. The maximum atomic E-state index is 13.6. The fourth-order valence-electron chi connectivity index (χ4n) is 5.65. The van der Waals surface area contributed by atoms with Gasteiger partial charge in [-0.25, -0.2) is 0 Å². The number of fused-ring (bicyclic) bond motifs is 1. The van der Waals surface area contributed by atoms with E-state index in [9.17, 15) is 19.5 Å². The summed E-state index contributed by atoms with van der Waals surface area (Å²) in [6, 6.07) is 4.71. The molecule has 0 spiro atoms. The zero-order valence-electron chi connectivity index (χ0n) is 17.0. The number of likely N-dealkylation sites (tertiary alicyclic amines) is 1. The Balaban J connectivity index is 1.79. The van der Waals surface area contributed by atoms with Crippen LogP contribution in [0.5, 0.6) is 0 Å². The van der Waals surface area contributed by atoms with Crippen LogP contribution < -0.4 is 5.32 Å². The topological polar surface area (TPSA) is 99.6 Å². The Morgan fingerprint density at radius 3 is 2.55 bits per heavy atom. The maximum Gasteiger partial charge on any atom is 0.324 e. The summed E-state index contributed by atoms with van der Waals surface area (Å²) in [7, 11) is 0. The molecule has 29 heavy (non-hydrogen) atoms. The van der Waals surface area contributed by atoms with E-state index >= 15 is 0 Å². The third-order valence-electron chi connectivity index (χ3n) is 6.75. The first kappa shape index (κ1) is 20.0. The number of rotatable bonds is 5. The molecule has 7 heteroatoms. The first-order chi connectivity index (χ1) is 13.9. The molecule has 3 aliphatic rings. The van der Waals surface area contributed by atoms with Crippen LogP contribution in [0.4, 0.5) is 0 Å². The highest BCUT2D eigenvalue weighted by atomic mass is 16.4. The zero-order valence-corrected chi connectivity index (χ0v) is 17.0. The fraction of sp³-hybridized carbons (Fsp3) is 0.636. The lowest BCUT2D eigenvalue weighted by Gasteiger charge is -2.35. The van der Waals surface area contributed by atoms with Crippen LogP contribution in [0, 0.1) is 17.8 Å². The number of carbonyl (C=O) groups is 3. The SMILES string of the molecule is CC(C)CC1(C(=O)O)NC(c2ccccn2)C2C(=O)N(C3CCCCC3)C(=O)C21. The first-order valence-corrected chi connectivity index (χ1v) is 10.7. The normalized spacial score (nSPS) is 32.8. The molecule has 1 aromatic heterocycles. The van der Waals surface area contributed by atoms with Crippen LogP contribution in [0.2, 0.25) is 0 Å². The van der Waals surface area contributed by atoms with E-state index in [-0.39, 0.29) is 30.2 Å². The standard InChI is InChI=1S/C22H29N3O4/c1-13(2)12-22(21(28)29)17-16(18(24-22)15-10-6-7-11-23-15)19(26)25(20(17)27)14-8-4-3-5-9-14/h6-7,10-11,13-14,16-18,24H,3-5,8-9,12H2,1-2H3,(H,28,29). The molecule has 1 aromatic rings. The number of carbonyl (C=O) groups excluding carboxylic acids is 2. The van der Waals surface area contributed by atoms with Gasteiger partial charge in [0.2, 0.25) is 11.8 Å². The third kappa shape index (κ3) is 3.16. The van der Waals surface area contributed by atoms with Crippen LogP contribution in [0.3, 0.4) is 0 Å². The quantitative estimate of drug-likeness (QED) is 0.738. The van der Waals surface area contributed by atoms with Gasteiger partial charge in [0.25, 0.3) is 0 Å². The van der Waals surface area contributed by atoms with E-state index < -0.39 is 29.4 Å². The van der Waals surface area contributed by atoms with Gasteiger partial charge < -0.3 is 5.11 Å². The van der Waals surface area contributed by atoms with Gasteiger partial charge in [-0.15, -0.1) is 0 Å². The average Bonchev–Trinajstić information content (AvgIpc) is 3.17. The fourth-order valence-corrected chi connectivity index (χ4v) is 5.65. The Hall–Kier alpha value is -2.28. The number of hydrogen-bond acceptors (Lipinski definition) is 5. The van der Waals surface area contributed by atoms with Gasteiger partial charge in [-0.2, -0.15) is 0 Å². The van der Waals surface area contributed by atoms with Crippen molar-refractivity contribution in [1.82, 2.24) is 15.2 Å².